The van der Waals surface area contributed by atoms with Gasteiger partial charge < -0.3 is 10.1 Å². The SMILES string of the molecule is O=C(NC1CCC1)OC(=O)c1ccc([N+](=O)[O-])cc1. The summed E-state index contributed by atoms with van der Waals surface area (Å²) in [6, 6.07) is 4.94. The van der Waals surface area contributed by atoms with E-state index < -0.39 is 17.0 Å². The molecule has 1 aliphatic rings. The van der Waals surface area contributed by atoms with E-state index in [1.54, 1.807) is 0 Å². The molecule has 0 aromatic heterocycles. The molecule has 7 nitrogen and oxygen atoms in total. The van der Waals surface area contributed by atoms with Crippen LogP contribution in [-0.4, -0.2) is 23.0 Å². The van der Waals surface area contributed by atoms with Crippen LogP contribution in [-0.2, 0) is 4.74 Å². The Morgan fingerprint density at radius 3 is 2.37 bits per heavy atom. The molecule has 1 amide bonds. The first kappa shape index (κ1) is 13.0. The van der Waals surface area contributed by atoms with Crippen molar-refractivity contribution in [3.8, 4) is 0 Å². The zero-order valence-electron chi connectivity index (χ0n) is 10.00. The van der Waals surface area contributed by atoms with E-state index >= 15 is 0 Å². The lowest BCUT2D eigenvalue weighted by Gasteiger charge is -2.25. The highest BCUT2D eigenvalue weighted by molar-refractivity contribution is 5.96. The van der Waals surface area contributed by atoms with Crippen LogP contribution in [0.25, 0.3) is 0 Å². The highest BCUT2D eigenvalue weighted by Crippen LogP contribution is 2.18. The number of carbonyl (C=O) groups is 2. The van der Waals surface area contributed by atoms with Crippen LogP contribution in [0.4, 0.5) is 10.5 Å². The molecule has 0 saturated heterocycles. The van der Waals surface area contributed by atoms with Crippen molar-refractivity contribution in [3.05, 3.63) is 39.9 Å². The molecular weight excluding hydrogens is 252 g/mol. The Hall–Kier alpha value is -2.44. The van der Waals surface area contributed by atoms with Crippen LogP contribution >= 0.6 is 0 Å². The number of rotatable bonds is 3. The van der Waals surface area contributed by atoms with E-state index in [0.29, 0.717) is 0 Å². The average Bonchev–Trinajstić information content (AvgIpc) is 2.34. The number of nitro benzene ring substituents is 1. The van der Waals surface area contributed by atoms with Crippen LogP contribution in [0, 0.1) is 10.1 Å². The monoisotopic (exact) mass is 264 g/mol. The van der Waals surface area contributed by atoms with Crippen molar-refractivity contribution in [2.75, 3.05) is 0 Å². The van der Waals surface area contributed by atoms with Gasteiger partial charge in [0.2, 0.25) is 0 Å². The van der Waals surface area contributed by atoms with Crippen molar-refractivity contribution in [2.24, 2.45) is 0 Å². The van der Waals surface area contributed by atoms with Crippen molar-refractivity contribution in [3.63, 3.8) is 0 Å². The summed E-state index contributed by atoms with van der Waals surface area (Å²) in [4.78, 5) is 32.8. The van der Waals surface area contributed by atoms with Crippen molar-refractivity contribution in [1.82, 2.24) is 5.32 Å². The fraction of sp³-hybridized carbons (Fsp3) is 0.333. The first-order valence-electron chi connectivity index (χ1n) is 5.83. The van der Waals surface area contributed by atoms with Gasteiger partial charge in [0.05, 0.1) is 10.5 Å². The molecular formula is C12H12N2O5. The maximum absolute atomic E-state index is 11.6. The number of amides is 1. The first-order valence-corrected chi connectivity index (χ1v) is 5.83. The van der Waals surface area contributed by atoms with E-state index in [2.05, 4.69) is 10.1 Å². The molecule has 0 atom stereocenters. The predicted octanol–water partition coefficient (Wildman–Crippen LogP) is 2.01. The quantitative estimate of drug-likeness (QED) is 0.389. The zero-order valence-corrected chi connectivity index (χ0v) is 10.00. The normalized spacial score (nSPS) is 14.3. The van der Waals surface area contributed by atoms with Gasteiger partial charge in [0.1, 0.15) is 0 Å². The molecule has 0 radical (unpaired) electrons. The zero-order chi connectivity index (χ0) is 13.8. The lowest BCUT2D eigenvalue weighted by Crippen LogP contribution is -2.40. The summed E-state index contributed by atoms with van der Waals surface area (Å²) in [5, 5.41) is 13.0. The van der Waals surface area contributed by atoms with Gasteiger partial charge in [-0.3, -0.25) is 10.1 Å². The molecule has 2 rings (SSSR count). The summed E-state index contributed by atoms with van der Waals surface area (Å²) >= 11 is 0. The molecule has 1 aromatic rings. The standard InChI is InChI=1S/C12H12N2O5/c15-11(19-12(16)13-9-2-1-3-9)8-4-6-10(7-5-8)14(17)18/h4-7,9H,1-3H2,(H,13,16). The smallest absolute Gasteiger partial charge is 0.373 e. The van der Waals surface area contributed by atoms with Gasteiger partial charge in [0.15, 0.2) is 0 Å². The van der Waals surface area contributed by atoms with Crippen molar-refractivity contribution < 1.29 is 19.2 Å². The number of hydrogen-bond donors (Lipinski definition) is 1. The largest absolute Gasteiger partial charge is 0.415 e. The molecule has 1 aliphatic carbocycles. The van der Waals surface area contributed by atoms with Crippen molar-refractivity contribution in [1.29, 1.82) is 0 Å². The Labute approximate surface area is 108 Å². The van der Waals surface area contributed by atoms with E-state index in [0.717, 1.165) is 19.3 Å². The molecule has 1 saturated carbocycles. The maximum atomic E-state index is 11.6. The van der Waals surface area contributed by atoms with E-state index in [1.165, 1.54) is 24.3 Å². The van der Waals surface area contributed by atoms with Crippen LogP contribution in [0.1, 0.15) is 29.6 Å². The number of nitrogens with one attached hydrogen (secondary N) is 1. The van der Waals surface area contributed by atoms with Gasteiger partial charge in [0.25, 0.3) is 5.69 Å². The molecule has 0 bridgehead atoms. The molecule has 0 unspecified atom stereocenters. The Balaban J connectivity index is 1.91. The van der Waals surface area contributed by atoms with Crippen LogP contribution < -0.4 is 5.32 Å². The second-order valence-electron chi connectivity index (χ2n) is 4.25. The minimum atomic E-state index is -0.827. The Kier molecular flexibility index (Phi) is 3.74. The highest BCUT2D eigenvalue weighted by Gasteiger charge is 2.22. The Morgan fingerprint density at radius 1 is 1.26 bits per heavy atom. The lowest BCUT2D eigenvalue weighted by atomic mass is 9.93. The lowest BCUT2D eigenvalue weighted by molar-refractivity contribution is -0.384. The number of alkyl carbamates (subject to hydrolysis) is 1. The average molecular weight is 264 g/mol. The third-order valence-corrected chi connectivity index (χ3v) is 2.93. The third kappa shape index (κ3) is 3.27. The van der Waals surface area contributed by atoms with E-state index in [-0.39, 0.29) is 17.3 Å². The number of ether oxygens (including phenoxy) is 1. The molecule has 100 valence electrons. The van der Waals surface area contributed by atoms with E-state index in [1.807, 2.05) is 0 Å². The van der Waals surface area contributed by atoms with Gasteiger partial charge in [-0.05, 0) is 31.4 Å². The Bertz CT molecular complexity index is 507. The number of benzene rings is 1. The summed E-state index contributed by atoms with van der Waals surface area (Å²) < 4.78 is 4.58. The van der Waals surface area contributed by atoms with Gasteiger partial charge in [-0.15, -0.1) is 0 Å². The van der Waals surface area contributed by atoms with E-state index in [9.17, 15) is 19.7 Å². The predicted molar refractivity (Wildman–Crippen MR) is 64.7 cm³/mol. The van der Waals surface area contributed by atoms with Crippen LogP contribution in [0.15, 0.2) is 24.3 Å². The van der Waals surface area contributed by atoms with E-state index in [4.69, 9.17) is 0 Å². The second kappa shape index (κ2) is 5.47. The number of hydrogen-bond acceptors (Lipinski definition) is 5. The maximum Gasteiger partial charge on any atom is 0.415 e. The third-order valence-electron chi connectivity index (χ3n) is 2.93. The summed E-state index contributed by atoms with van der Waals surface area (Å²) in [7, 11) is 0. The molecule has 1 fully saturated rings. The van der Waals surface area contributed by atoms with Crippen LogP contribution in [0.5, 0.6) is 0 Å². The molecule has 7 heteroatoms. The number of carbonyl (C=O) groups excluding carboxylic acids is 2. The summed E-state index contributed by atoms with van der Waals surface area (Å²) in [6.07, 6.45) is 2.05. The molecule has 1 N–H and O–H groups in total. The van der Waals surface area contributed by atoms with Gasteiger partial charge in [-0.1, -0.05) is 0 Å². The number of nitrogens with zero attached hydrogens (tertiary/aromatic N) is 1. The van der Waals surface area contributed by atoms with Gasteiger partial charge in [-0.25, -0.2) is 9.59 Å². The van der Waals surface area contributed by atoms with Crippen molar-refractivity contribution >= 4 is 17.7 Å². The number of non-ortho nitro benzene ring substituents is 1. The van der Waals surface area contributed by atoms with Gasteiger partial charge in [0, 0.05) is 18.2 Å². The minimum absolute atomic E-state index is 0.0807. The Morgan fingerprint density at radius 2 is 1.89 bits per heavy atom. The van der Waals surface area contributed by atoms with Gasteiger partial charge >= 0.3 is 12.1 Å². The molecule has 0 heterocycles. The molecule has 0 aliphatic heterocycles. The van der Waals surface area contributed by atoms with Gasteiger partial charge in [-0.2, -0.15) is 0 Å². The minimum Gasteiger partial charge on any atom is -0.373 e. The summed E-state index contributed by atoms with van der Waals surface area (Å²) in [5.74, 6) is -0.827. The molecule has 0 spiro atoms. The van der Waals surface area contributed by atoms with Crippen molar-refractivity contribution in [2.45, 2.75) is 25.3 Å². The van der Waals surface area contributed by atoms with Crippen LogP contribution in [0.2, 0.25) is 0 Å². The first-order chi connectivity index (χ1) is 9.06. The summed E-state index contributed by atoms with van der Waals surface area (Å²) in [5.41, 5.74) is -0.0372. The second-order valence-corrected chi connectivity index (χ2v) is 4.25. The van der Waals surface area contributed by atoms with Crippen LogP contribution in [0.3, 0.4) is 0 Å². The number of esters is 1. The highest BCUT2D eigenvalue weighted by atomic mass is 16.6. The fourth-order valence-electron chi connectivity index (χ4n) is 1.61. The number of nitro groups is 1. The topological polar surface area (TPSA) is 98.5 Å². The summed E-state index contributed by atoms with van der Waals surface area (Å²) in [6.45, 7) is 0. The molecule has 19 heavy (non-hydrogen) atoms. The molecule has 1 aromatic carbocycles. The fourth-order valence-corrected chi connectivity index (χ4v) is 1.61.